The molecule has 0 radical (unpaired) electrons. The van der Waals surface area contributed by atoms with Crippen LogP contribution in [0.2, 0.25) is 0 Å². The van der Waals surface area contributed by atoms with Gasteiger partial charge in [0.25, 0.3) is 0 Å². The first kappa shape index (κ1) is 26.6. The average molecular weight is 527 g/mol. The first-order chi connectivity index (χ1) is 18.1. The number of hydrogen-bond donors (Lipinski definition) is 2. The topological polar surface area (TPSA) is 58.2 Å². The quantitative estimate of drug-likeness (QED) is 0.214. The van der Waals surface area contributed by atoms with Crippen molar-refractivity contribution in [3.8, 4) is 0 Å². The zero-order valence-electron chi connectivity index (χ0n) is 20.6. The Bertz CT molecular complexity index is 1260. The van der Waals surface area contributed by atoms with Crippen LogP contribution in [-0.2, 0) is 9.59 Å². The van der Waals surface area contributed by atoms with Crippen LogP contribution < -0.4 is 10.6 Å². The van der Waals surface area contributed by atoms with E-state index >= 15 is 0 Å². The van der Waals surface area contributed by atoms with Crippen LogP contribution in [-0.4, -0.2) is 24.4 Å². The molecule has 0 aromatic heterocycles. The van der Waals surface area contributed by atoms with Crippen LogP contribution in [0.15, 0.2) is 131 Å². The molecule has 0 aliphatic rings. The van der Waals surface area contributed by atoms with Crippen molar-refractivity contribution in [2.24, 2.45) is 0 Å². The van der Waals surface area contributed by atoms with Gasteiger partial charge in [-0.25, -0.2) is 0 Å². The normalized spacial score (nSPS) is 13.2. The van der Waals surface area contributed by atoms with E-state index in [0.717, 1.165) is 20.9 Å². The second kappa shape index (κ2) is 13.7. The third-order valence-corrected chi connectivity index (χ3v) is 8.18. The highest BCUT2D eigenvalue weighted by atomic mass is 32.2. The highest BCUT2D eigenvalue weighted by Crippen LogP contribution is 2.36. The molecule has 0 spiro atoms. The van der Waals surface area contributed by atoms with Gasteiger partial charge in [0.1, 0.15) is 10.5 Å². The molecule has 0 saturated carbocycles. The molecule has 4 nitrogen and oxygen atoms in total. The number of rotatable bonds is 11. The molecule has 0 unspecified atom stereocenters. The molecule has 0 heterocycles. The van der Waals surface area contributed by atoms with Gasteiger partial charge in [-0.1, -0.05) is 97.1 Å². The number of hydrogen-bond acceptors (Lipinski definition) is 4. The number of amides is 2. The average Bonchev–Trinajstić information content (AvgIpc) is 2.95. The van der Waals surface area contributed by atoms with Crippen molar-refractivity contribution >= 4 is 35.3 Å². The Morgan fingerprint density at radius 3 is 1.41 bits per heavy atom. The molecule has 188 valence electrons. The van der Waals surface area contributed by atoms with Gasteiger partial charge in [-0.2, -0.15) is 0 Å². The summed E-state index contributed by atoms with van der Waals surface area (Å²) < 4.78 is 0. The lowest BCUT2D eigenvalue weighted by molar-refractivity contribution is -0.123. The molecule has 2 N–H and O–H groups in total. The zero-order chi connectivity index (χ0) is 25.9. The molecule has 0 fully saturated rings. The molecule has 6 heteroatoms. The predicted molar refractivity (Wildman–Crippen MR) is 154 cm³/mol. The summed E-state index contributed by atoms with van der Waals surface area (Å²) in [6.07, 6.45) is 0. The summed E-state index contributed by atoms with van der Waals surface area (Å²) in [4.78, 5) is 28.7. The van der Waals surface area contributed by atoms with Gasteiger partial charge < -0.3 is 10.6 Å². The summed E-state index contributed by atoms with van der Waals surface area (Å²) in [7, 11) is 0. The van der Waals surface area contributed by atoms with E-state index in [2.05, 4.69) is 10.6 Å². The number of thioether (sulfide) groups is 2. The molecule has 4 aromatic rings. The maximum Gasteiger partial charge on any atom is 0.238 e. The third kappa shape index (κ3) is 8.00. The van der Waals surface area contributed by atoms with Crippen LogP contribution in [0.3, 0.4) is 0 Å². The Kier molecular flexibility index (Phi) is 9.86. The summed E-state index contributed by atoms with van der Waals surface area (Å²) in [5.41, 5.74) is 1.88. The lowest BCUT2D eigenvalue weighted by atomic mass is 10.1. The van der Waals surface area contributed by atoms with E-state index in [1.807, 2.05) is 128 Å². The van der Waals surface area contributed by atoms with E-state index < -0.39 is 10.5 Å². The SMILES string of the molecule is C[C@@H](CNC(=O)[C@H](Sc1ccccc1)c1ccccc1)NC(=O)[C@@H](Sc1ccccc1)c1ccccc1. The van der Waals surface area contributed by atoms with Gasteiger partial charge >= 0.3 is 0 Å². The monoisotopic (exact) mass is 526 g/mol. The molecule has 2 amide bonds. The largest absolute Gasteiger partial charge is 0.353 e. The fourth-order valence-corrected chi connectivity index (χ4v) is 5.91. The highest BCUT2D eigenvalue weighted by Gasteiger charge is 2.25. The number of benzene rings is 4. The number of carbonyl (C=O) groups is 2. The molecule has 0 aliphatic carbocycles. The third-order valence-electron chi connectivity index (χ3n) is 5.65. The molecule has 37 heavy (non-hydrogen) atoms. The molecule has 0 bridgehead atoms. The van der Waals surface area contributed by atoms with E-state index in [0.29, 0.717) is 6.54 Å². The van der Waals surface area contributed by atoms with Crippen molar-refractivity contribution in [2.75, 3.05) is 6.54 Å². The molecule has 0 saturated heterocycles. The van der Waals surface area contributed by atoms with Crippen molar-refractivity contribution in [2.45, 2.75) is 33.3 Å². The van der Waals surface area contributed by atoms with E-state index in [1.54, 1.807) is 0 Å². The minimum Gasteiger partial charge on any atom is -0.353 e. The lowest BCUT2D eigenvalue weighted by Gasteiger charge is -2.22. The maximum atomic E-state index is 13.4. The van der Waals surface area contributed by atoms with E-state index in [1.165, 1.54) is 23.5 Å². The van der Waals surface area contributed by atoms with Crippen LogP contribution in [0.5, 0.6) is 0 Å². The van der Waals surface area contributed by atoms with E-state index in [4.69, 9.17) is 0 Å². The van der Waals surface area contributed by atoms with Crippen molar-refractivity contribution < 1.29 is 9.59 Å². The fraction of sp³-hybridized carbons (Fsp3) is 0.161. The second-order valence-electron chi connectivity index (χ2n) is 8.60. The summed E-state index contributed by atoms with van der Waals surface area (Å²) >= 11 is 3.03. The Morgan fingerprint density at radius 2 is 0.973 bits per heavy atom. The molecule has 4 aromatic carbocycles. The van der Waals surface area contributed by atoms with Gasteiger partial charge in [0.15, 0.2) is 0 Å². The lowest BCUT2D eigenvalue weighted by Crippen LogP contribution is -2.44. The smallest absolute Gasteiger partial charge is 0.238 e. The van der Waals surface area contributed by atoms with E-state index in [-0.39, 0.29) is 17.9 Å². The molecule has 0 aliphatic heterocycles. The highest BCUT2D eigenvalue weighted by molar-refractivity contribution is 8.00. The van der Waals surface area contributed by atoms with Gasteiger partial charge in [0.2, 0.25) is 11.8 Å². The van der Waals surface area contributed by atoms with Crippen LogP contribution in [0.1, 0.15) is 28.6 Å². The summed E-state index contributed by atoms with van der Waals surface area (Å²) in [6, 6.07) is 39.1. The first-order valence-electron chi connectivity index (χ1n) is 12.2. The Balaban J connectivity index is 1.40. The van der Waals surface area contributed by atoms with Crippen LogP contribution in [0.25, 0.3) is 0 Å². The zero-order valence-corrected chi connectivity index (χ0v) is 22.3. The summed E-state index contributed by atoms with van der Waals surface area (Å²) in [5.74, 6) is -0.167. The van der Waals surface area contributed by atoms with Gasteiger partial charge in [-0.3, -0.25) is 9.59 Å². The molecular weight excluding hydrogens is 496 g/mol. The Labute approximate surface area is 227 Å². The van der Waals surface area contributed by atoms with Gasteiger partial charge in [-0.05, 0) is 42.3 Å². The standard InChI is InChI=1S/C31H30N2O2S2/c1-23(33-31(35)29(25-16-8-3-9-17-25)37-27-20-12-5-13-21-27)22-32-30(34)28(24-14-6-2-7-15-24)36-26-18-10-4-11-19-26/h2-21,23,28-29H,22H2,1H3,(H,32,34)(H,33,35)/t23-,28+,29-/m0/s1. The summed E-state index contributed by atoms with van der Waals surface area (Å²) in [5, 5.41) is 5.37. The second-order valence-corrected chi connectivity index (χ2v) is 11.0. The van der Waals surface area contributed by atoms with Gasteiger partial charge in [0, 0.05) is 22.4 Å². The summed E-state index contributed by atoms with van der Waals surface area (Å²) in [6.45, 7) is 2.25. The predicted octanol–water partition coefficient (Wildman–Crippen LogP) is 6.67. The Hall–Kier alpha value is -3.48. The van der Waals surface area contributed by atoms with Crippen LogP contribution >= 0.6 is 23.5 Å². The van der Waals surface area contributed by atoms with Crippen molar-refractivity contribution in [3.05, 3.63) is 132 Å². The van der Waals surface area contributed by atoms with Crippen LogP contribution in [0, 0.1) is 0 Å². The van der Waals surface area contributed by atoms with Crippen LogP contribution in [0.4, 0.5) is 0 Å². The first-order valence-corrected chi connectivity index (χ1v) is 14.0. The minimum absolute atomic E-state index is 0.0833. The number of carbonyl (C=O) groups excluding carboxylic acids is 2. The van der Waals surface area contributed by atoms with E-state index in [9.17, 15) is 9.59 Å². The maximum absolute atomic E-state index is 13.4. The minimum atomic E-state index is -0.396. The van der Waals surface area contributed by atoms with Crippen molar-refractivity contribution in [3.63, 3.8) is 0 Å². The Morgan fingerprint density at radius 1 is 0.595 bits per heavy atom. The number of nitrogens with one attached hydrogen (secondary N) is 2. The van der Waals surface area contributed by atoms with Gasteiger partial charge in [-0.15, -0.1) is 23.5 Å². The molecular formula is C31H30N2O2S2. The van der Waals surface area contributed by atoms with Gasteiger partial charge in [0.05, 0.1) is 0 Å². The van der Waals surface area contributed by atoms with Crippen molar-refractivity contribution in [1.29, 1.82) is 0 Å². The molecule has 4 rings (SSSR count). The fourth-order valence-electron chi connectivity index (χ4n) is 3.79. The van der Waals surface area contributed by atoms with Crippen molar-refractivity contribution in [1.82, 2.24) is 10.6 Å². The molecule has 3 atom stereocenters.